The molecule has 0 saturated heterocycles. The average molecular weight is 243 g/mol. The number of ether oxygens (including phenoxy) is 1. The van der Waals surface area contributed by atoms with Crippen LogP contribution in [0.2, 0.25) is 0 Å². The summed E-state index contributed by atoms with van der Waals surface area (Å²) in [6.45, 7) is 0.0262. The molecule has 1 aromatic heterocycles. The lowest BCUT2D eigenvalue weighted by Crippen LogP contribution is -2.25. The molecule has 0 spiro atoms. The number of nitrogens with zero attached hydrogens (tertiary/aromatic N) is 1. The summed E-state index contributed by atoms with van der Waals surface area (Å²) in [5.74, 6) is 0.428. The van der Waals surface area contributed by atoms with E-state index in [2.05, 4.69) is 15.3 Å². The number of nitrogens with one attached hydrogen (secondary N) is 2. The number of amides is 1. The third-order valence-electron chi connectivity index (χ3n) is 2.60. The van der Waals surface area contributed by atoms with Gasteiger partial charge in [-0.3, -0.25) is 4.79 Å². The van der Waals surface area contributed by atoms with E-state index in [4.69, 9.17) is 4.74 Å². The molecule has 0 radical (unpaired) electrons. The Morgan fingerprint density at radius 1 is 1.22 bits per heavy atom. The van der Waals surface area contributed by atoms with Gasteiger partial charge in [0.05, 0.1) is 11.4 Å². The van der Waals surface area contributed by atoms with Gasteiger partial charge in [-0.05, 0) is 24.3 Å². The molecule has 1 aliphatic heterocycles. The standard InChI is InChI=1S/C12H9N3O3/c16-11-6-18-10-2-1-7(5-9(10)14-11)8-3-4-13-12(17)15-8/h1-5H,6H2,(H,14,16)(H,13,15,17). The van der Waals surface area contributed by atoms with E-state index in [1.807, 2.05) is 6.07 Å². The number of carbonyl (C=O) groups is 1. The quantitative estimate of drug-likeness (QED) is 0.774. The normalized spacial score (nSPS) is 13.4. The first-order valence-corrected chi connectivity index (χ1v) is 5.35. The minimum absolute atomic E-state index is 0.0262. The molecule has 18 heavy (non-hydrogen) atoms. The van der Waals surface area contributed by atoms with Crippen LogP contribution in [0.15, 0.2) is 35.3 Å². The SMILES string of the molecule is O=C1COc2ccc(-c3ccnc(=O)[nH]3)cc2N1. The van der Waals surface area contributed by atoms with Gasteiger partial charge < -0.3 is 15.0 Å². The fourth-order valence-corrected chi connectivity index (χ4v) is 1.79. The van der Waals surface area contributed by atoms with Gasteiger partial charge in [-0.1, -0.05) is 0 Å². The second kappa shape index (κ2) is 3.99. The van der Waals surface area contributed by atoms with Gasteiger partial charge in [-0.15, -0.1) is 0 Å². The molecule has 0 unspecified atom stereocenters. The highest BCUT2D eigenvalue weighted by molar-refractivity contribution is 5.96. The van der Waals surface area contributed by atoms with Crippen molar-refractivity contribution in [2.75, 3.05) is 11.9 Å². The van der Waals surface area contributed by atoms with E-state index in [9.17, 15) is 9.59 Å². The average Bonchev–Trinajstić information content (AvgIpc) is 2.38. The van der Waals surface area contributed by atoms with Crippen molar-refractivity contribution in [2.24, 2.45) is 0 Å². The lowest BCUT2D eigenvalue weighted by molar-refractivity contribution is -0.118. The molecule has 90 valence electrons. The summed E-state index contributed by atoms with van der Waals surface area (Å²) in [6.07, 6.45) is 1.43. The zero-order valence-electron chi connectivity index (χ0n) is 9.27. The maximum absolute atomic E-state index is 11.2. The van der Waals surface area contributed by atoms with Crippen LogP contribution in [-0.4, -0.2) is 22.5 Å². The molecule has 1 aliphatic rings. The number of benzene rings is 1. The van der Waals surface area contributed by atoms with Gasteiger partial charge in [0.1, 0.15) is 5.75 Å². The maximum Gasteiger partial charge on any atom is 0.345 e. The Labute approximate surface area is 102 Å². The first-order chi connectivity index (χ1) is 8.72. The molecule has 0 aliphatic carbocycles. The first kappa shape index (κ1) is 10.5. The molecule has 2 aromatic rings. The molecular formula is C12H9N3O3. The minimum atomic E-state index is -0.412. The van der Waals surface area contributed by atoms with Crippen LogP contribution in [0.3, 0.4) is 0 Å². The van der Waals surface area contributed by atoms with E-state index in [0.29, 0.717) is 17.1 Å². The Morgan fingerprint density at radius 2 is 2.11 bits per heavy atom. The second-order valence-electron chi connectivity index (χ2n) is 3.84. The lowest BCUT2D eigenvalue weighted by Gasteiger charge is -2.18. The molecular weight excluding hydrogens is 234 g/mol. The summed E-state index contributed by atoms with van der Waals surface area (Å²) in [4.78, 5) is 28.5. The van der Waals surface area contributed by atoms with E-state index < -0.39 is 5.69 Å². The maximum atomic E-state index is 11.2. The van der Waals surface area contributed by atoms with Crippen molar-refractivity contribution in [3.8, 4) is 17.0 Å². The van der Waals surface area contributed by atoms with E-state index in [-0.39, 0.29) is 12.5 Å². The van der Waals surface area contributed by atoms with Crippen molar-refractivity contribution in [1.82, 2.24) is 9.97 Å². The lowest BCUT2D eigenvalue weighted by atomic mass is 10.1. The summed E-state index contributed by atoms with van der Waals surface area (Å²) in [5, 5.41) is 2.71. The first-order valence-electron chi connectivity index (χ1n) is 5.35. The molecule has 3 rings (SSSR count). The summed E-state index contributed by atoms with van der Waals surface area (Å²) in [5.41, 5.74) is 1.60. The molecule has 1 amide bonds. The van der Waals surface area contributed by atoms with Gasteiger partial charge in [0.2, 0.25) is 0 Å². The number of rotatable bonds is 1. The zero-order chi connectivity index (χ0) is 12.5. The topological polar surface area (TPSA) is 84.1 Å². The highest BCUT2D eigenvalue weighted by atomic mass is 16.5. The van der Waals surface area contributed by atoms with Crippen LogP contribution in [0, 0.1) is 0 Å². The molecule has 6 heteroatoms. The molecule has 0 bridgehead atoms. The van der Waals surface area contributed by atoms with E-state index in [0.717, 1.165) is 5.56 Å². The number of anilines is 1. The summed E-state index contributed by atoms with van der Waals surface area (Å²) in [6, 6.07) is 7.00. The fourth-order valence-electron chi connectivity index (χ4n) is 1.79. The molecule has 6 nitrogen and oxygen atoms in total. The second-order valence-corrected chi connectivity index (χ2v) is 3.84. The zero-order valence-corrected chi connectivity index (χ0v) is 9.27. The van der Waals surface area contributed by atoms with Crippen LogP contribution < -0.4 is 15.7 Å². The molecule has 0 fully saturated rings. The van der Waals surface area contributed by atoms with Crippen LogP contribution in [0.1, 0.15) is 0 Å². The van der Waals surface area contributed by atoms with Gasteiger partial charge in [0.25, 0.3) is 5.91 Å². The molecule has 2 N–H and O–H groups in total. The monoisotopic (exact) mass is 243 g/mol. The Bertz CT molecular complexity index is 678. The highest BCUT2D eigenvalue weighted by Gasteiger charge is 2.16. The molecule has 0 atom stereocenters. The third-order valence-corrected chi connectivity index (χ3v) is 2.60. The summed E-state index contributed by atoms with van der Waals surface area (Å²) in [7, 11) is 0. The smallest absolute Gasteiger partial charge is 0.345 e. The Kier molecular flexibility index (Phi) is 2.33. The Balaban J connectivity index is 2.07. The number of fused-ring (bicyclic) bond motifs is 1. The number of hydrogen-bond acceptors (Lipinski definition) is 4. The minimum Gasteiger partial charge on any atom is -0.482 e. The Morgan fingerprint density at radius 3 is 2.94 bits per heavy atom. The van der Waals surface area contributed by atoms with Gasteiger partial charge >= 0.3 is 5.69 Å². The molecule has 2 heterocycles. The summed E-state index contributed by atoms with van der Waals surface area (Å²) < 4.78 is 5.25. The molecule has 0 saturated carbocycles. The molecule has 1 aromatic carbocycles. The van der Waals surface area contributed by atoms with Gasteiger partial charge in [-0.25, -0.2) is 9.78 Å². The number of aromatic nitrogens is 2. The number of H-pyrrole nitrogens is 1. The largest absolute Gasteiger partial charge is 0.482 e. The number of aromatic amines is 1. The van der Waals surface area contributed by atoms with Crippen molar-refractivity contribution in [2.45, 2.75) is 0 Å². The van der Waals surface area contributed by atoms with E-state index in [1.54, 1.807) is 18.2 Å². The van der Waals surface area contributed by atoms with Gasteiger partial charge in [0, 0.05) is 11.8 Å². The van der Waals surface area contributed by atoms with Gasteiger partial charge in [0.15, 0.2) is 6.61 Å². The van der Waals surface area contributed by atoms with Crippen LogP contribution in [-0.2, 0) is 4.79 Å². The Hall–Kier alpha value is -2.63. The van der Waals surface area contributed by atoms with Crippen molar-refractivity contribution in [3.05, 3.63) is 40.9 Å². The van der Waals surface area contributed by atoms with Crippen molar-refractivity contribution in [3.63, 3.8) is 0 Å². The van der Waals surface area contributed by atoms with Crippen molar-refractivity contribution >= 4 is 11.6 Å². The predicted molar refractivity (Wildman–Crippen MR) is 64.4 cm³/mol. The number of carbonyl (C=O) groups excluding carboxylic acids is 1. The van der Waals surface area contributed by atoms with E-state index in [1.165, 1.54) is 6.20 Å². The van der Waals surface area contributed by atoms with E-state index >= 15 is 0 Å². The number of hydrogen-bond donors (Lipinski definition) is 2. The fraction of sp³-hybridized carbons (Fsp3) is 0.0833. The predicted octanol–water partition coefficient (Wildman–Crippen LogP) is 0.768. The van der Waals surface area contributed by atoms with Crippen LogP contribution >= 0.6 is 0 Å². The van der Waals surface area contributed by atoms with Crippen LogP contribution in [0.25, 0.3) is 11.3 Å². The van der Waals surface area contributed by atoms with Crippen molar-refractivity contribution < 1.29 is 9.53 Å². The van der Waals surface area contributed by atoms with Crippen molar-refractivity contribution in [1.29, 1.82) is 0 Å². The van der Waals surface area contributed by atoms with Crippen LogP contribution in [0.4, 0.5) is 5.69 Å². The summed E-state index contributed by atoms with van der Waals surface area (Å²) >= 11 is 0. The van der Waals surface area contributed by atoms with Crippen LogP contribution in [0.5, 0.6) is 5.75 Å². The highest BCUT2D eigenvalue weighted by Crippen LogP contribution is 2.31. The van der Waals surface area contributed by atoms with Gasteiger partial charge in [-0.2, -0.15) is 0 Å². The third kappa shape index (κ3) is 1.84.